The van der Waals surface area contributed by atoms with E-state index in [9.17, 15) is 8.42 Å². The zero-order valence-corrected chi connectivity index (χ0v) is 16.8. The number of nitrogens with zero attached hydrogens (tertiary/aromatic N) is 1. The summed E-state index contributed by atoms with van der Waals surface area (Å²) in [5.74, 6) is 0.717. The van der Waals surface area contributed by atoms with Gasteiger partial charge in [0.15, 0.2) is 9.84 Å². The van der Waals surface area contributed by atoms with Gasteiger partial charge in [-0.25, -0.2) is 8.42 Å². The van der Waals surface area contributed by atoms with Gasteiger partial charge >= 0.3 is 0 Å². The lowest BCUT2D eigenvalue weighted by molar-refractivity contribution is 0.0689. The standard InChI is InChI=1S/C22H27NO3S/c1-23(17-8-4-5-9-17)21-15-16-7-3-6-10-20(16)22(21)26-18-11-13-19(14-12-18)27(2,24)25/h3,6-7,10-14,17,21-22H,4-5,8-9,15H2,1-2H3/t21-,22-/m1/s1. The van der Waals surface area contributed by atoms with E-state index in [1.54, 1.807) is 24.3 Å². The summed E-state index contributed by atoms with van der Waals surface area (Å²) in [6, 6.07) is 16.2. The second kappa shape index (κ2) is 7.28. The first-order valence-corrected chi connectivity index (χ1v) is 11.6. The predicted molar refractivity (Wildman–Crippen MR) is 107 cm³/mol. The fraction of sp³-hybridized carbons (Fsp3) is 0.455. The topological polar surface area (TPSA) is 46.6 Å². The lowest BCUT2D eigenvalue weighted by atomic mass is 10.1. The molecule has 144 valence electrons. The van der Waals surface area contributed by atoms with E-state index in [4.69, 9.17) is 4.74 Å². The second-order valence-electron chi connectivity index (χ2n) is 7.86. The van der Waals surface area contributed by atoms with E-state index in [2.05, 4.69) is 36.2 Å². The van der Waals surface area contributed by atoms with Crippen molar-refractivity contribution in [2.24, 2.45) is 0 Å². The van der Waals surface area contributed by atoms with Crippen LogP contribution in [0.5, 0.6) is 5.75 Å². The maximum Gasteiger partial charge on any atom is 0.175 e. The van der Waals surface area contributed by atoms with E-state index in [0.29, 0.717) is 22.7 Å². The highest BCUT2D eigenvalue weighted by molar-refractivity contribution is 7.90. The number of likely N-dealkylation sites (N-methyl/N-ethyl adjacent to an activating group) is 1. The van der Waals surface area contributed by atoms with Crippen LogP contribution in [0.2, 0.25) is 0 Å². The van der Waals surface area contributed by atoms with Crippen LogP contribution in [0.25, 0.3) is 0 Å². The number of hydrogen-bond donors (Lipinski definition) is 0. The van der Waals surface area contributed by atoms with Crippen molar-refractivity contribution in [3.63, 3.8) is 0 Å². The molecule has 2 aliphatic rings. The summed E-state index contributed by atoms with van der Waals surface area (Å²) in [7, 11) is -0.963. The molecular formula is C22H27NO3S. The van der Waals surface area contributed by atoms with Crippen molar-refractivity contribution >= 4 is 9.84 Å². The van der Waals surface area contributed by atoms with Crippen LogP contribution in [-0.2, 0) is 16.3 Å². The Morgan fingerprint density at radius 3 is 2.33 bits per heavy atom. The fourth-order valence-corrected chi connectivity index (χ4v) is 5.16. The van der Waals surface area contributed by atoms with Gasteiger partial charge in [0.2, 0.25) is 0 Å². The summed E-state index contributed by atoms with van der Waals surface area (Å²) in [5.41, 5.74) is 2.60. The Balaban J connectivity index is 1.60. The lowest BCUT2D eigenvalue weighted by Gasteiger charge is -2.34. The van der Waals surface area contributed by atoms with Crippen molar-refractivity contribution in [2.45, 2.75) is 55.2 Å². The number of ether oxygens (including phenoxy) is 1. The summed E-state index contributed by atoms with van der Waals surface area (Å²) >= 11 is 0. The van der Waals surface area contributed by atoms with Crippen LogP contribution in [0.1, 0.15) is 42.9 Å². The van der Waals surface area contributed by atoms with Gasteiger partial charge in [-0.3, -0.25) is 4.90 Å². The van der Waals surface area contributed by atoms with Crippen molar-refractivity contribution in [1.82, 2.24) is 4.90 Å². The molecular weight excluding hydrogens is 358 g/mol. The van der Waals surface area contributed by atoms with Crippen LogP contribution < -0.4 is 4.74 Å². The van der Waals surface area contributed by atoms with Gasteiger partial charge in [0.1, 0.15) is 11.9 Å². The third-order valence-corrected chi connectivity index (χ3v) is 7.21. The highest BCUT2D eigenvalue weighted by Crippen LogP contribution is 2.40. The van der Waals surface area contributed by atoms with E-state index in [1.165, 1.54) is 43.1 Å². The van der Waals surface area contributed by atoms with Gasteiger partial charge in [0.05, 0.1) is 10.9 Å². The average Bonchev–Trinajstić information content (AvgIpc) is 3.30. The molecule has 2 atom stereocenters. The molecule has 2 aromatic carbocycles. The molecule has 27 heavy (non-hydrogen) atoms. The molecule has 1 saturated carbocycles. The minimum absolute atomic E-state index is 0.0316. The van der Waals surface area contributed by atoms with Crippen molar-refractivity contribution < 1.29 is 13.2 Å². The summed E-state index contributed by atoms with van der Waals surface area (Å²) in [4.78, 5) is 2.84. The maximum absolute atomic E-state index is 11.7. The number of sulfone groups is 1. The molecule has 0 amide bonds. The van der Waals surface area contributed by atoms with Gasteiger partial charge < -0.3 is 4.74 Å². The summed E-state index contributed by atoms with van der Waals surface area (Å²) in [6.07, 6.45) is 7.34. The van der Waals surface area contributed by atoms with Gasteiger partial charge in [-0.1, -0.05) is 37.1 Å². The lowest BCUT2D eigenvalue weighted by Crippen LogP contribution is -2.42. The Morgan fingerprint density at radius 1 is 1.00 bits per heavy atom. The van der Waals surface area contributed by atoms with Gasteiger partial charge in [-0.2, -0.15) is 0 Å². The van der Waals surface area contributed by atoms with E-state index in [0.717, 1.165) is 6.42 Å². The zero-order chi connectivity index (χ0) is 19.0. The summed E-state index contributed by atoms with van der Waals surface area (Å²) in [6.45, 7) is 0. The first-order valence-electron chi connectivity index (χ1n) is 9.70. The van der Waals surface area contributed by atoms with Gasteiger partial charge in [0.25, 0.3) is 0 Å². The first kappa shape index (κ1) is 18.5. The molecule has 4 rings (SSSR count). The minimum Gasteiger partial charge on any atom is -0.484 e. The zero-order valence-electron chi connectivity index (χ0n) is 16.0. The third kappa shape index (κ3) is 3.76. The van der Waals surface area contributed by atoms with Crippen molar-refractivity contribution in [1.29, 1.82) is 0 Å². The largest absolute Gasteiger partial charge is 0.484 e. The van der Waals surface area contributed by atoms with Crippen LogP contribution in [-0.4, -0.2) is 38.7 Å². The highest BCUT2D eigenvalue weighted by atomic mass is 32.2. The molecule has 1 fully saturated rings. The van der Waals surface area contributed by atoms with Gasteiger partial charge in [-0.05, 0) is 61.7 Å². The Hall–Kier alpha value is -1.85. The Morgan fingerprint density at radius 2 is 1.67 bits per heavy atom. The number of hydrogen-bond acceptors (Lipinski definition) is 4. The minimum atomic E-state index is -3.19. The summed E-state index contributed by atoms with van der Waals surface area (Å²) in [5, 5.41) is 0. The smallest absolute Gasteiger partial charge is 0.175 e. The fourth-order valence-electron chi connectivity index (χ4n) is 4.53. The van der Waals surface area contributed by atoms with Gasteiger partial charge in [-0.15, -0.1) is 0 Å². The number of fused-ring (bicyclic) bond motifs is 1. The Labute approximate surface area is 162 Å². The van der Waals surface area contributed by atoms with Crippen LogP contribution in [0.3, 0.4) is 0 Å². The first-order chi connectivity index (χ1) is 12.9. The van der Waals surface area contributed by atoms with Crippen LogP contribution in [0.4, 0.5) is 0 Å². The van der Waals surface area contributed by atoms with Crippen molar-refractivity contribution in [2.75, 3.05) is 13.3 Å². The van der Waals surface area contributed by atoms with Gasteiger partial charge in [0, 0.05) is 12.3 Å². The van der Waals surface area contributed by atoms with Crippen LogP contribution in [0.15, 0.2) is 53.4 Å². The molecule has 0 N–H and O–H groups in total. The molecule has 0 unspecified atom stereocenters. The molecule has 0 aromatic heterocycles. The molecule has 5 heteroatoms. The monoisotopic (exact) mass is 385 g/mol. The number of benzene rings is 2. The molecule has 0 bridgehead atoms. The predicted octanol–water partition coefficient (Wildman–Crippen LogP) is 4.01. The third-order valence-electron chi connectivity index (χ3n) is 6.08. The molecule has 2 aromatic rings. The second-order valence-corrected chi connectivity index (χ2v) is 9.87. The van der Waals surface area contributed by atoms with E-state index in [1.807, 2.05) is 0 Å². The van der Waals surface area contributed by atoms with E-state index in [-0.39, 0.29) is 6.10 Å². The summed E-state index contributed by atoms with van der Waals surface area (Å²) < 4.78 is 29.8. The van der Waals surface area contributed by atoms with Crippen LogP contribution >= 0.6 is 0 Å². The van der Waals surface area contributed by atoms with E-state index < -0.39 is 9.84 Å². The quantitative estimate of drug-likeness (QED) is 0.780. The van der Waals surface area contributed by atoms with Crippen LogP contribution in [0, 0.1) is 0 Å². The average molecular weight is 386 g/mol. The molecule has 2 aliphatic carbocycles. The SMILES string of the molecule is CN(C1CCCC1)[C@@H]1Cc2ccccc2[C@H]1Oc1ccc(S(C)(=O)=O)cc1. The molecule has 0 heterocycles. The number of rotatable bonds is 5. The molecule has 0 radical (unpaired) electrons. The van der Waals surface area contributed by atoms with Crippen molar-refractivity contribution in [3.05, 3.63) is 59.7 Å². The molecule has 0 aliphatic heterocycles. The Kier molecular flexibility index (Phi) is 4.99. The Bertz CT molecular complexity index is 901. The van der Waals surface area contributed by atoms with Crippen molar-refractivity contribution in [3.8, 4) is 5.75 Å². The van der Waals surface area contributed by atoms with E-state index >= 15 is 0 Å². The molecule has 0 saturated heterocycles. The maximum atomic E-state index is 11.7. The normalized spacial score (nSPS) is 22.9. The molecule has 0 spiro atoms. The molecule has 4 nitrogen and oxygen atoms in total. The highest BCUT2D eigenvalue weighted by Gasteiger charge is 2.39.